The molecule has 0 radical (unpaired) electrons. The van der Waals surface area contributed by atoms with Crippen LogP contribution in [-0.4, -0.2) is 57.8 Å². The number of ether oxygens (including phenoxy) is 1. The molecule has 2 aromatic rings. The number of aromatic nitrogens is 1. The van der Waals surface area contributed by atoms with Gasteiger partial charge in [0.2, 0.25) is 0 Å². The quantitative estimate of drug-likeness (QED) is 0.691. The number of rotatable bonds is 5. The third-order valence-electron chi connectivity index (χ3n) is 4.90. The molecule has 0 saturated carbocycles. The zero-order valence-corrected chi connectivity index (χ0v) is 16.6. The largest absolute Gasteiger partial charge is 0.478 e. The average molecular weight is 438 g/mol. The molecule has 3 saturated heterocycles. The Kier molecular flexibility index (Phi) is 7.11. The van der Waals surface area contributed by atoms with Crippen molar-refractivity contribution in [2.24, 2.45) is 5.92 Å². The van der Waals surface area contributed by atoms with Gasteiger partial charge in [0, 0.05) is 36.5 Å². The van der Waals surface area contributed by atoms with Crippen molar-refractivity contribution in [3.8, 4) is 15.6 Å². The molecule has 1 aromatic heterocycles. The van der Waals surface area contributed by atoms with Gasteiger partial charge in [0.25, 0.3) is 5.19 Å². The summed E-state index contributed by atoms with van der Waals surface area (Å²) >= 11 is 1.31. The fourth-order valence-corrected chi connectivity index (χ4v) is 4.29. The molecule has 5 rings (SSSR count). The van der Waals surface area contributed by atoms with Gasteiger partial charge in [-0.1, -0.05) is 11.3 Å². The number of aliphatic carboxylic acids is 2. The number of hydrogen-bond acceptors (Lipinski definition) is 6. The first-order valence-corrected chi connectivity index (χ1v) is 10.1. The number of nitrogens with zero attached hydrogens (tertiary/aromatic N) is 2. The van der Waals surface area contributed by atoms with Gasteiger partial charge in [0.15, 0.2) is 0 Å². The highest BCUT2D eigenvalue weighted by Gasteiger charge is 2.36. The topological polar surface area (TPSA) is 100.0 Å². The molecule has 3 aliphatic heterocycles. The molecular weight excluding hydrogens is 418 g/mol. The number of thiazole rings is 1. The van der Waals surface area contributed by atoms with Crippen LogP contribution in [0.2, 0.25) is 0 Å². The standard InChI is InChI=1S/C16H16F2N2OS.C4H4O4/c17-11-1-2-12(13(18)7-11)15-8-19-16(22-15)21-14-9-20-5-3-10(14)4-6-20;5-3(6)1-2-4(7)8/h1-2,7-8,10,14H,3-6,9H2;1-2H,(H,5,6)(H,7,8)/b;2-1+. The normalized spacial score (nSPS) is 22.4. The molecule has 2 N–H and O–H groups in total. The third-order valence-corrected chi connectivity index (χ3v) is 5.82. The van der Waals surface area contributed by atoms with Crippen LogP contribution in [0.5, 0.6) is 5.19 Å². The maximum atomic E-state index is 13.8. The average Bonchev–Trinajstić information content (AvgIpc) is 3.16. The van der Waals surface area contributed by atoms with Gasteiger partial charge in [0.05, 0.1) is 4.88 Å². The van der Waals surface area contributed by atoms with E-state index in [2.05, 4.69) is 9.88 Å². The molecule has 30 heavy (non-hydrogen) atoms. The van der Waals surface area contributed by atoms with Crippen LogP contribution in [0.1, 0.15) is 12.8 Å². The van der Waals surface area contributed by atoms with Crippen molar-refractivity contribution in [3.05, 3.63) is 48.2 Å². The molecule has 0 aliphatic carbocycles. The summed E-state index contributed by atoms with van der Waals surface area (Å²) in [4.78, 5) is 26.4. The maximum absolute atomic E-state index is 13.8. The Balaban J connectivity index is 0.000000275. The summed E-state index contributed by atoms with van der Waals surface area (Å²) in [6, 6.07) is 3.59. The van der Waals surface area contributed by atoms with E-state index in [-0.39, 0.29) is 6.10 Å². The SMILES string of the molecule is Fc1ccc(-c2cnc(OC3CN4CCC3CC4)s2)c(F)c1.O=C(O)/C=C/C(=O)O. The van der Waals surface area contributed by atoms with Crippen LogP contribution in [0.3, 0.4) is 0 Å². The molecule has 4 heterocycles. The van der Waals surface area contributed by atoms with E-state index < -0.39 is 23.6 Å². The molecule has 160 valence electrons. The van der Waals surface area contributed by atoms with E-state index in [0.29, 0.717) is 33.7 Å². The summed E-state index contributed by atoms with van der Waals surface area (Å²) in [5, 5.41) is 16.2. The summed E-state index contributed by atoms with van der Waals surface area (Å²) < 4.78 is 32.8. The lowest BCUT2D eigenvalue weighted by atomic mass is 9.86. The van der Waals surface area contributed by atoms with Crippen molar-refractivity contribution in [3.63, 3.8) is 0 Å². The van der Waals surface area contributed by atoms with Gasteiger partial charge in [0.1, 0.15) is 17.7 Å². The van der Waals surface area contributed by atoms with Crippen LogP contribution in [-0.2, 0) is 9.59 Å². The van der Waals surface area contributed by atoms with Crippen molar-refractivity contribution >= 4 is 23.3 Å². The predicted octanol–water partition coefficient (Wildman–Crippen LogP) is 3.27. The Hall–Kier alpha value is -2.85. The molecule has 3 aliphatic rings. The van der Waals surface area contributed by atoms with Gasteiger partial charge in [-0.15, -0.1) is 0 Å². The Morgan fingerprint density at radius 3 is 2.37 bits per heavy atom. The second kappa shape index (κ2) is 9.77. The predicted molar refractivity (Wildman–Crippen MR) is 105 cm³/mol. The van der Waals surface area contributed by atoms with Crippen molar-refractivity contribution in [1.82, 2.24) is 9.88 Å². The highest BCUT2D eigenvalue weighted by atomic mass is 32.1. The molecule has 1 aromatic carbocycles. The molecule has 2 bridgehead atoms. The van der Waals surface area contributed by atoms with E-state index in [9.17, 15) is 18.4 Å². The van der Waals surface area contributed by atoms with Crippen LogP contribution in [0.15, 0.2) is 36.5 Å². The maximum Gasteiger partial charge on any atom is 0.328 e. The summed E-state index contributed by atoms with van der Waals surface area (Å²) in [7, 11) is 0. The van der Waals surface area contributed by atoms with Crippen LogP contribution in [0.4, 0.5) is 8.78 Å². The van der Waals surface area contributed by atoms with E-state index in [4.69, 9.17) is 14.9 Å². The zero-order chi connectivity index (χ0) is 21.7. The minimum absolute atomic E-state index is 0.180. The van der Waals surface area contributed by atoms with E-state index in [0.717, 1.165) is 25.7 Å². The number of carbonyl (C=O) groups is 2. The first kappa shape index (κ1) is 21.8. The number of hydrogen-bond donors (Lipinski definition) is 2. The molecule has 7 nitrogen and oxygen atoms in total. The van der Waals surface area contributed by atoms with Crippen LogP contribution < -0.4 is 4.74 Å². The molecule has 1 atom stereocenters. The van der Waals surface area contributed by atoms with Gasteiger partial charge >= 0.3 is 11.9 Å². The van der Waals surface area contributed by atoms with E-state index in [1.165, 1.54) is 36.3 Å². The number of carboxylic acid groups (broad SMARTS) is 2. The Morgan fingerprint density at radius 2 is 1.83 bits per heavy atom. The molecule has 0 amide bonds. The molecule has 10 heteroatoms. The first-order valence-electron chi connectivity index (χ1n) is 9.26. The number of carboxylic acids is 2. The van der Waals surface area contributed by atoms with Gasteiger partial charge in [-0.2, -0.15) is 0 Å². The fourth-order valence-electron chi connectivity index (χ4n) is 3.44. The van der Waals surface area contributed by atoms with Crippen molar-refractivity contribution < 1.29 is 33.3 Å². The Labute approximate surface area is 175 Å². The zero-order valence-electron chi connectivity index (χ0n) is 15.8. The lowest BCUT2D eigenvalue weighted by Gasteiger charge is -2.43. The van der Waals surface area contributed by atoms with Gasteiger partial charge in [-0.3, -0.25) is 4.90 Å². The third kappa shape index (κ3) is 5.83. The van der Waals surface area contributed by atoms with E-state index in [1.54, 1.807) is 6.20 Å². The number of benzene rings is 1. The lowest BCUT2D eigenvalue weighted by Crippen LogP contribution is -2.52. The summed E-state index contributed by atoms with van der Waals surface area (Å²) in [6.45, 7) is 3.27. The van der Waals surface area contributed by atoms with Crippen molar-refractivity contribution in [2.75, 3.05) is 19.6 Å². The first-order chi connectivity index (χ1) is 14.3. The summed E-state index contributed by atoms with van der Waals surface area (Å²) in [5.41, 5.74) is 0.364. The number of fused-ring (bicyclic) bond motifs is 3. The smallest absolute Gasteiger partial charge is 0.328 e. The summed E-state index contributed by atoms with van der Waals surface area (Å²) in [5.74, 6) is -3.06. The van der Waals surface area contributed by atoms with Crippen molar-refractivity contribution in [2.45, 2.75) is 18.9 Å². The van der Waals surface area contributed by atoms with Gasteiger partial charge in [-0.25, -0.2) is 23.4 Å². The number of halogens is 2. The molecule has 0 spiro atoms. The van der Waals surface area contributed by atoms with Crippen LogP contribution in [0, 0.1) is 17.6 Å². The highest BCUT2D eigenvalue weighted by molar-refractivity contribution is 7.16. The number of piperidine rings is 3. The monoisotopic (exact) mass is 438 g/mol. The fraction of sp³-hybridized carbons (Fsp3) is 0.350. The van der Waals surface area contributed by atoms with Gasteiger partial charge in [-0.05, 0) is 44.0 Å². The minimum atomic E-state index is -1.26. The van der Waals surface area contributed by atoms with Gasteiger partial charge < -0.3 is 14.9 Å². The molecule has 1 unspecified atom stereocenters. The molecule has 3 fully saturated rings. The van der Waals surface area contributed by atoms with Crippen LogP contribution >= 0.6 is 11.3 Å². The molecular formula is C20H20F2N2O5S. The minimum Gasteiger partial charge on any atom is -0.478 e. The van der Waals surface area contributed by atoms with Crippen molar-refractivity contribution in [1.29, 1.82) is 0 Å². The second-order valence-corrected chi connectivity index (χ2v) is 7.91. The summed E-state index contributed by atoms with van der Waals surface area (Å²) in [6.07, 6.45) is 5.24. The Bertz CT molecular complexity index is 925. The Morgan fingerprint density at radius 1 is 1.17 bits per heavy atom. The van der Waals surface area contributed by atoms with E-state index >= 15 is 0 Å². The lowest BCUT2D eigenvalue weighted by molar-refractivity contribution is -0.134. The highest BCUT2D eigenvalue weighted by Crippen LogP contribution is 2.35. The van der Waals surface area contributed by atoms with E-state index in [1.807, 2.05) is 0 Å². The van der Waals surface area contributed by atoms with Crippen LogP contribution in [0.25, 0.3) is 10.4 Å². The second-order valence-electron chi connectivity index (χ2n) is 6.92.